The number of fused-ring (bicyclic) bond motifs is 9. The van der Waals surface area contributed by atoms with E-state index in [9.17, 15) is 0 Å². The van der Waals surface area contributed by atoms with Gasteiger partial charge in [0.15, 0.2) is 0 Å². The van der Waals surface area contributed by atoms with Crippen LogP contribution in [-0.2, 0) is 5.41 Å². The molecule has 3 nitrogen and oxygen atoms in total. The van der Waals surface area contributed by atoms with E-state index in [4.69, 9.17) is 4.42 Å². The number of benzene rings is 8. The highest BCUT2D eigenvalue weighted by atomic mass is 16.3. The Balaban J connectivity index is 1.07. The Labute approximate surface area is 314 Å². The lowest BCUT2D eigenvalue weighted by Crippen LogP contribution is -2.16. The van der Waals surface area contributed by atoms with E-state index >= 15 is 0 Å². The Kier molecular flexibility index (Phi) is 6.60. The van der Waals surface area contributed by atoms with Gasteiger partial charge >= 0.3 is 0 Å². The zero-order valence-corrected chi connectivity index (χ0v) is 30.1. The van der Waals surface area contributed by atoms with Gasteiger partial charge < -0.3 is 13.9 Å². The van der Waals surface area contributed by atoms with Gasteiger partial charge in [-0.05, 0) is 94.5 Å². The summed E-state index contributed by atoms with van der Waals surface area (Å²) in [5.41, 5.74) is 16.3. The van der Waals surface area contributed by atoms with Gasteiger partial charge in [-0.25, -0.2) is 0 Å². The van der Waals surface area contributed by atoms with E-state index in [1.165, 1.54) is 49.6 Å². The number of anilines is 3. The van der Waals surface area contributed by atoms with Crippen LogP contribution in [0.25, 0.3) is 71.7 Å². The maximum atomic E-state index is 6.26. The molecule has 8 aromatic carbocycles. The first kappa shape index (κ1) is 30.8. The lowest BCUT2D eigenvalue weighted by atomic mass is 9.82. The van der Waals surface area contributed by atoms with E-state index in [0.29, 0.717) is 0 Å². The number of hydrogen-bond donors (Lipinski definition) is 0. The number of para-hydroxylation sites is 4. The third-order valence-corrected chi connectivity index (χ3v) is 11.6. The first-order chi connectivity index (χ1) is 26.5. The maximum Gasteiger partial charge on any atom is 0.135 e. The molecule has 11 rings (SSSR count). The molecule has 0 atom stereocenters. The first-order valence-corrected chi connectivity index (χ1v) is 18.7. The van der Waals surface area contributed by atoms with E-state index in [2.05, 4.69) is 193 Å². The van der Waals surface area contributed by atoms with Gasteiger partial charge in [-0.2, -0.15) is 0 Å². The lowest BCUT2D eigenvalue weighted by molar-refractivity contribution is 0.660. The Bertz CT molecular complexity index is 3030. The predicted octanol–water partition coefficient (Wildman–Crippen LogP) is 14.1. The fourth-order valence-corrected chi connectivity index (χ4v) is 9.02. The van der Waals surface area contributed by atoms with Crippen LogP contribution < -0.4 is 4.90 Å². The van der Waals surface area contributed by atoms with Crippen molar-refractivity contribution in [1.82, 2.24) is 4.57 Å². The lowest BCUT2D eigenvalue weighted by Gasteiger charge is -2.28. The summed E-state index contributed by atoms with van der Waals surface area (Å²) >= 11 is 0. The highest BCUT2D eigenvalue weighted by molar-refractivity contribution is 6.10. The van der Waals surface area contributed by atoms with Crippen LogP contribution >= 0.6 is 0 Å². The van der Waals surface area contributed by atoms with E-state index in [1.54, 1.807) is 0 Å². The summed E-state index contributed by atoms with van der Waals surface area (Å²) in [6, 6.07) is 66.0. The summed E-state index contributed by atoms with van der Waals surface area (Å²) in [7, 11) is 0. The predicted molar refractivity (Wildman–Crippen MR) is 226 cm³/mol. The Morgan fingerprint density at radius 3 is 1.76 bits per heavy atom. The fourth-order valence-electron chi connectivity index (χ4n) is 9.02. The van der Waals surface area contributed by atoms with Crippen molar-refractivity contribution in [2.75, 3.05) is 4.90 Å². The summed E-state index contributed by atoms with van der Waals surface area (Å²) in [4.78, 5) is 2.39. The Hall–Kier alpha value is -6.84. The molecule has 0 radical (unpaired) electrons. The highest BCUT2D eigenvalue weighted by Gasteiger charge is 2.35. The van der Waals surface area contributed by atoms with Crippen molar-refractivity contribution < 1.29 is 4.42 Å². The van der Waals surface area contributed by atoms with Crippen molar-refractivity contribution >= 4 is 60.8 Å². The maximum absolute atomic E-state index is 6.26. The van der Waals surface area contributed by atoms with Crippen LogP contribution in [0.2, 0.25) is 0 Å². The van der Waals surface area contributed by atoms with Crippen molar-refractivity contribution in [2.45, 2.75) is 19.3 Å². The highest BCUT2D eigenvalue weighted by Crippen LogP contribution is 2.51. The summed E-state index contributed by atoms with van der Waals surface area (Å²) in [6.07, 6.45) is 0. The molecule has 256 valence electrons. The largest absolute Gasteiger partial charge is 0.456 e. The SMILES string of the molecule is CC1(C)c2ccccc2-c2ccc(N(c3ccc(-c4ccccc4-n4c5ccccc5c5ccccc54)cc3)c3ccc4oc5ccccc5c4c3)cc21. The average molecular weight is 693 g/mol. The van der Waals surface area contributed by atoms with E-state index in [0.717, 1.165) is 50.3 Å². The van der Waals surface area contributed by atoms with Crippen LogP contribution in [0.3, 0.4) is 0 Å². The molecule has 0 saturated carbocycles. The Morgan fingerprint density at radius 2 is 0.981 bits per heavy atom. The zero-order valence-electron chi connectivity index (χ0n) is 30.1. The molecule has 0 unspecified atom stereocenters. The van der Waals surface area contributed by atoms with Gasteiger partial charge in [0.1, 0.15) is 11.2 Å². The van der Waals surface area contributed by atoms with Crippen LogP contribution in [0.1, 0.15) is 25.0 Å². The van der Waals surface area contributed by atoms with Gasteiger partial charge in [0.2, 0.25) is 0 Å². The van der Waals surface area contributed by atoms with Crippen LogP contribution in [-0.4, -0.2) is 4.57 Å². The molecule has 0 spiro atoms. The van der Waals surface area contributed by atoms with Crippen LogP contribution in [0.15, 0.2) is 186 Å². The minimum absolute atomic E-state index is 0.112. The van der Waals surface area contributed by atoms with Crippen LogP contribution in [0.5, 0.6) is 0 Å². The van der Waals surface area contributed by atoms with Crippen molar-refractivity contribution in [2.24, 2.45) is 0 Å². The molecule has 0 saturated heterocycles. The second kappa shape index (κ2) is 11.6. The summed E-state index contributed by atoms with van der Waals surface area (Å²) < 4.78 is 8.67. The molecule has 1 aliphatic rings. The monoisotopic (exact) mass is 692 g/mol. The fraction of sp³-hybridized carbons (Fsp3) is 0.0588. The molecule has 3 heteroatoms. The average Bonchev–Trinajstić information content (AvgIpc) is 3.84. The number of rotatable bonds is 5. The summed E-state index contributed by atoms with van der Waals surface area (Å²) in [5, 5.41) is 4.75. The molecule has 0 aliphatic heterocycles. The molecule has 10 aromatic rings. The van der Waals surface area contributed by atoms with Crippen molar-refractivity contribution in [1.29, 1.82) is 0 Å². The number of aromatic nitrogens is 1. The van der Waals surface area contributed by atoms with Gasteiger partial charge in [0.25, 0.3) is 0 Å². The molecule has 0 fully saturated rings. The van der Waals surface area contributed by atoms with Gasteiger partial charge in [-0.15, -0.1) is 0 Å². The second-order valence-electron chi connectivity index (χ2n) is 14.9. The van der Waals surface area contributed by atoms with E-state index < -0.39 is 0 Å². The molecular weight excluding hydrogens is 657 g/mol. The number of nitrogens with zero attached hydrogens (tertiary/aromatic N) is 2. The third-order valence-electron chi connectivity index (χ3n) is 11.6. The number of furan rings is 1. The minimum Gasteiger partial charge on any atom is -0.456 e. The smallest absolute Gasteiger partial charge is 0.135 e. The topological polar surface area (TPSA) is 21.3 Å². The quantitative estimate of drug-likeness (QED) is 0.179. The normalized spacial score (nSPS) is 13.1. The van der Waals surface area contributed by atoms with Crippen LogP contribution in [0.4, 0.5) is 17.1 Å². The summed E-state index contributed by atoms with van der Waals surface area (Å²) in [5.74, 6) is 0. The molecular formula is C51H36N2O. The molecule has 54 heavy (non-hydrogen) atoms. The van der Waals surface area contributed by atoms with Gasteiger partial charge in [0.05, 0.1) is 16.7 Å². The zero-order chi connectivity index (χ0) is 36.0. The van der Waals surface area contributed by atoms with E-state index in [-0.39, 0.29) is 5.41 Å². The molecule has 2 aromatic heterocycles. The first-order valence-electron chi connectivity index (χ1n) is 18.7. The van der Waals surface area contributed by atoms with Gasteiger partial charge in [0, 0.05) is 49.6 Å². The second-order valence-corrected chi connectivity index (χ2v) is 14.9. The molecule has 0 amide bonds. The van der Waals surface area contributed by atoms with Gasteiger partial charge in [-0.1, -0.05) is 129 Å². The molecule has 1 aliphatic carbocycles. The van der Waals surface area contributed by atoms with Gasteiger partial charge in [-0.3, -0.25) is 0 Å². The van der Waals surface area contributed by atoms with Crippen molar-refractivity contribution in [3.8, 4) is 27.9 Å². The molecule has 0 bridgehead atoms. The third kappa shape index (κ3) is 4.48. The van der Waals surface area contributed by atoms with E-state index in [1.807, 2.05) is 12.1 Å². The summed E-state index contributed by atoms with van der Waals surface area (Å²) in [6.45, 7) is 4.69. The molecule has 0 N–H and O–H groups in total. The minimum atomic E-state index is -0.112. The van der Waals surface area contributed by atoms with Crippen molar-refractivity contribution in [3.05, 3.63) is 193 Å². The Morgan fingerprint density at radius 1 is 0.426 bits per heavy atom. The number of hydrogen-bond acceptors (Lipinski definition) is 2. The van der Waals surface area contributed by atoms with Crippen LogP contribution in [0, 0.1) is 0 Å². The van der Waals surface area contributed by atoms with Crippen molar-refractivity contribution in [3.63, 3.8) is 0 Å². The standard InChI is InChI=1S/C51H36N2O/c1-51(2)44-18-8-3-14-38(44)39-29-27-36(32-45(39)51)52(35-28-30-50-43(31-35)42-17-7-12-22-49(42)54-50)34-25-23-33(24-26-34)37-13-4-9-19-46(37)53-47-20-10-5-15-40(47)41-16-6-11-21-48(41)53/h3-32H,1-2H3. The molecule has 2 heterocycles.